The number of hydrogen-bond donors (Lipinski definition) is 1. The number of carbonyl (C=O) groups excluding carboxylic acids is 2. The monoisotopic (exact) mass is 375 g/mol. The summed E-state index contributed by atoms with van der Waals surface area (Å²) >= 11 is 6.43. The van der Waals surface area contributed by atoms with Crippen molar-refractivity contribution < 1.29 is 14.3 Å². The average molecular weight is 376 g/mol. The highest BCUT2D eigenvalue weighted by molar-refractivity contribution is 6.30. The average Bonchev–Trinajstić information content (AvgIpc) is 2.62. The molecule has 26 heavy (non-hydrogen) atoms. The molecule has 2 aromatic rings. The number of piperazine rings is 1. The summed E-state index contributed by atoms with van der Waals surface area (Å²) in [6, 6.07) is 5.53. The van der Waals surface area contributed by atoms with E-state index in [-0.39, 0.29) is 12.3 Å². The highest BCUT2D eigenvalue weighted by Gasteiger charge is 2.32. The lowest BCUT2D eigenvalue weighted by Crippen LogP contribution is -2.55. The highest BCUT2D eigenvalue weighted by Crippen LogP contribution is 2.26. The lowest BCUT2D eigenvalue weighted by Gasteiger charge is -2.34. The van der Waals surface area contributed by atoms with Crippen LogP contribution in [0.2, 0.25) is 5.15 Å². The lowest BCUT2D eigenvalue weighted by molar-refractivity contribution is -0.146. The third kappa shape index (κ3) is 3.66. The number of ether oxygens (including phenoxy) is 1. The van der Waals surface area contributed by atoms with Crippen molar-refractivity contribution in [2.75, 3.05) is 20.2 Å². The molecule has 1 amide bonds. The Balaban J connectivity index is 1.91. The maximum absolute atomic E-state index is 12.2. The van der Waals surface area contributed by atoms with Crippen molar-refractivity contribution >= 4 is 34.4 Å². The van der Waals surface area contributed by atoms with E-state index in [4.69, 9.17) is 16.3 Å². The minimum atomic E-state index is -0.567. The topological polar surface area (TPSA) is 71.5 Å². The van der Waals surface area contributed by atoms with Crippen LogP contribution in [-0.2, 0) is 20.9 Å². The van der Waals surface area contributed by atoms with Gasteiger partial charge >= 0.3 is 5.97 Å². The number of esters is 1. The second-order valence-corrected chi connectivity index (χ2v) is 6.93. The van der Waals surface area contributed by atoms with Gasteiger partial charge in [-0.2, -0.15) is 0 Å². The molecule has 0 radical (unpaired) electrons. The maximum atomic E-state index is 12.2. The van der Waals surface area contributed by atoms with Crippen molar-refractivity contribution in [3.8, 4) is 0 Å². The Labute approximate surface area is 157 Å². The summed E-state index contributed by atoms with van der Waals surface area (Å²) in [7, 11) is 1.32. The van der Waals surface area contributed by atoms with Crippen molar-refractivity contribution in [2.24, 2.45) is 0 Å². The van der Waals surface area contributed by atoms with Gasteiger partial charge in [-0.25, -0.2) is 4.98 Å². The third-order valence-electron chi connectivity index (χ3n) is 4.94. The van der Waals surface area contributed by atoms with Gasteiger partial charge < -0.3 is 10.1 Å². The van der Waals surface area contributed by atoms with E-state index in [0.29, 0.717) is 24.8 Å². The Bertz CT molecular complexity index is 869. The summed E-state index contributed by atoms with van der Waals surface area (Å²) in [5.41, 5.74) is 4.00. The van der Waals surface area contributed by atoms with Gasteiger partial charge in [-0.1, -0.05) is 23.7 Å². The number of methoxy groups -OCH3 is 1. The van der Waals surface area contributed by atoms with E-state index < -0.39 is 12.0 Å². The number of nitrogens with zero attached hydrogens (tertiary/aromatic N) is 2. The summed E-state index contributed by atoms with van der Waals surface area (Å²) in [5.74, 6) is -0.580. The fourth-order valence-corrected chi connectivity index (χ4v) is 3.45. The minimum absolute atomic E-state index is 0.0132. The molecule has 0 spiro atoms. The standard InChI is InChI=1S/C19H22ClN3O3/c1-11-4-5-13-8-14(18(20)22-17(13)12(11)2)10-23-7-6-21-19(25)15(23)9-16(24)26-3/h4-5,8,15H,6-7,9-10H2,1-3H3,(H,21,25)/t15-/m1/s1. The number of carbonyl (C=O) groups is 2. The van der Waals surface area contributed by atoms with Gasteiger partial charge in [0.25, 0.3) is 0 Å². The van der Waals surface area contributed by atoms with Gasteiger partial charge in [0.05, 0.1) is 19.0 Å². The molecule has 0 saturated carbocycles. The normalized spacial score (nSPS) is 18.0. The molecule has 3 rings (SSSR count). The van der Waals surface area contributed by atoms with Crippen molar-refractivity contribution in [1.82, 2.24) is 15.2 Å². The first-order valence-corrected chi connectivity index (χ1v) is 8.92. The number of aryl methyl sites for hydroxylation is 2. The number of nitrogens with one attached hydrogen (secondary N) is 1. The number of pyridine rings is 1. The van der Waals surface area contributed by atoms with E-state index in [1.807, 2.05) is 30.9 Å². The third-order valence-corrected chi connectivity index (χ3v) is 5.27. The van der Waals surface area contributed by atoms with E-state index in [1.165, 1.54) is 12.7 Å². The number of fused-ring (bicyclic) bond motifs is 1. The number of rotatable bonds is 4. The van der Waals surface area contributed by atoms with E-state index in [2.05, 4.69) is 16.4 Å². The fourth-order valence-electron chi connectivity index (χ4n) is 3.25. The smallest absolute Gasteiger partial charge is 0.307 e. The van der Waals surface area contributed by atoms with Crippen LogP contribution in [0.3, 0.4) is 0 Å². The summed E-state index contributed by atoms with van der Waals surface area (Å²) in [6.07, 6.45) is 0.0132. The number of aromatic nitrogens is 1. The number of hydrogen-bond acceptors (Lipinski definition) is 5. The molecule has 0 bridgehead atoms. The molecule has 6 nitrogen and oxygen atoms in total. The molecule has 1 aromatic heterocycles. The Morgan fingerprint density at radius 1 is 1.42 bits per heavy atom. The molecule has 1 aliphatic heterocycles. The summed E-state index contributed by atoms with van der Waals surface area (Å²) in [5, 5.41) is 4.24. The molecular weight excluding hydrogens is 354 g/mol. The SMILES string of the molecule is COC(=O)C[C@@H]1C(=O)NCCN1Cc1cc2ccc(C)c(C)c2nc1Cl. The number of halogens is 1. The van der Waals surface area contributed by atoms with Gasteiger partial charge in [0.1, 0.15) is 11.2 Å². The summed E-state index contributed by atoms with van der Waals surface area (Å²) < 4.78 is 4.72. The Hall–Kier alpha value is -2.18. The molecule has 1 fully saturated rings. The molecule has 1 atom stereocenters. The van der Waals surface area contributed by atoms with Crippen LogP contribution in [-0.4, -0.2) is 48.0 Å². The molecule has 2 heterocycles. The lowest BCUT2D eigenvalue weighted by atomic mass is 10.0. The van der Waals surface area contributed by atoms with Crippen LogP contribution in [0.5, 0.6) is 0 Å². The fraction of sp³-hybridized carbons (Fsp3) is 0.421. The molecule has 1 aromatic carbocycles. The zero-order valence-corrected chi connectivity index (χ0v) is 15.9. The zero-order valence-electron chi connectivity index (χ0n) is 15.1. The van der Waals surface area contributed by atoms with Crippen molar-refractivity contribution in [1.29, 1.82) is 0 Å². The van der Waals surface area contributed by atoms with E-state index in [0.717, 1.165) is 22.0 Å². The van der Waals surface area contributed by atoms with Gasteiger partial charge in [-0.05, 0) is 31.0 Å². The summed E-state index contributed by atoms with van der Waals surface area (Å²) in [4.78, 5) is 30.4. The van der Waals surface area contributed by atoms with Crippen LogP contribution in [0, 0.1) is 13.8 Å². The van der Waals surface area contributed by atoms with Crippen LogP contribution >= 0.6 is 11.6 Å². The second-order valence-electron chi connectivity index (χ2n) is 6.58. The second kappa shape index (κ2) is 7.60. The summed E-state index contributed by atoms with van der Waals surface area (Å²) in [6.45, 7) is 5.69. The first kappa shape index (κ1) is 18.6. The Morgan fingerprint density at radius 3 is 2.92 bits per heavy atom. The quantitative estimate of drug-likeness (QED) is 0.656. The maximum Gasteiger partial charge on any atom is 0.307 e. The van der Waals surface area contributed by atoms with Gasteiger partial charge in [-0.3, -0.25) is 14.5 Å². The van der Waals surface area contributed by atoms with Gasteiger partial charge in [-0.15, -0.1) is 0 Å². The van der Waals surface area contributed by atoms with Gasteiger partial charge in [0, 0.05) is 30.6 Å². The molecule has 1 aliphatic rings. The van der Waals surface area contributed by atoms with Gasteiger partial charge in [0.2, 0.25) is 5.91 Å². The highest BCUT2D eigenvalue weighted by atomic mass is 35.5. The predicted molar refractivity (Wildman–Crippen MR) is 100 cm³/mol. The van der Waals surface area contributed by atoms with E-state index in [1.54, 1.807) is 0 Å². The van der Waals surface area contributed by atoms with Crippen LogP contribution in [0.1, 0.15) is 23.1 Å². The van der Waals surface area contributed by atoms with Crippen LogP contribution < -0.4 is 5.32 Å². The first-order chi connectivity index (χ1) is 12.4. The minimum Gasteiger partial charge on any atom is -0.469 e. The molecular formula is C19H22ClN3O3. The van der Waals surface area contributed by atoms with Crippen LogP contribution in [0.15, 0.2) is 18.2 Å². The first-order valence-electron chi connectivity index (χ1n) is 8.54. The van der Waals surface area contributed by atoms with Crippen LogP contribution in [0.4, 0.5) is 0 Å². The van der Waals surface area contributed by atoms with Crippen molar-refractivity contribution in [3.63, 3.8) is 0 Å². The van der Waals surface area contributed by atoms with Crippen LogP contribution in [0.25, 0.3) is 10.9 Å². The Morgan fingerprint density at radius 2 is 2.19 bits per heavy atom. The molecule has 7 heteroatoms. The molecule has 1 saturated heterocycles. The largest absolute Gasteiger partial charge is 0.469 e. The predicted octanol–water partition coefficient (Wildman–Crippen LogP) is 2.37. The zero-order chi connectivity index (χ0) is 18.8. The molecule has 1 N–H and O–H groups in total. The number of benzene rings is 1. The van der Waals surface area contributed by atoms with E-state index in [9.17, 15) is 9.59 Å². The molecule has 138 valence electrons. The number of amides is 1. The molecule has 0 aliphatic carbocycles. The van der Waals surface area contributed by atoms with E-state index >= 15 is 0 Å². The van der Waals surface area contributed by atoms with Crippen molar-refractivity contribution in [3.05, 3.63) is 40.0 Å². The van der Waals surface area contributed by atoms with Gasteiger partial charge in [0.15, 0.2) is 0 Å². The van der Waals surface area contributed by atoms with Crippen molar-refractivity contribution in [2.45, 2.75) is 32.9 Å². The molecule has 0 unspecified atom stereocenters. The Kier molecular flexibility index (Phi) is 5.44.